The third-order valence-electron chi connectivity index (χ3n) is 9.88. The molecule has 3 heterocycles. The van der Waals surface area contributed by atoms with Gasteiger partial charge in [-0.3, -0.25) is 4.57 Å². The van der Waals surface area contributed by atoms with Gasteiger partial charge in [0.25, 0.3) is 6.33 Å². The third kappa shape index (κ3) is 7.06. The molecule has 0 bridgehead atoms. The van der Waals surface area contributed by atoms with E-state index in [0.29, 0.717) is 45.1 Å². The summed E-state index contributed by atoms with van der Waals surface area (Å²) in [7, 11) is 0. The molecule has 7 aromatic carbocycles. The average molecular weight is 956 g/mol. The number of ether oxygens (including phenoxy) is 1. The van der Waals surface area contributed by atoms with E-state index in [2.05, 4.69) is 23.4 Å². The quantitative estimate of drug-likeness (QED) is 0.107. The maximum absolute atomic E-state index is 9.03. The molecule has 0 radical (unpaired) electrons. The normalized spacial score (nSPS) is 14.5. The molecule has 0 amide bonds. The molecule has 0 fully saturated rings. The Bertz CT molecular complexity index is 3670. The van der Waals surface area contributed by atoms with Crippen molar-refractivity contribution in [3.05, 3.63) is 199 Å². The van der Waals surface area contributed by atoms with Crippen LogP contribution in [0.5, 0.6) is 11.5 Å². The first-order valence-corrected chi connectivity index (χ1v) is 18.8. The standard InChI is InChI=1S/C53H40N4O.Pt/c1-36(2)31-38-29-30-54-51(32-38)57-48-25-11-10-22-46(48)47-28-27-43(34-50(47)57)58-42-21-13-20-41(33-42)55-35-56(52-37(3)15-12-26-49(52)55)53-44(39-16-6-4-7-17-39)23-14-24-45(53)40-18-8-5-9-19-40;/h4-30,32,36H,31H2,1-3H3;/q-2;/i4D,5D,6D,7D,8D,9D,16D,17D,18D,19D,31D2;. The molecule has 0 saturated heterocycles. The molecule has 0 aliphatic heterocycles. The van der Waals surface area contributed by atoms with Crippen LogP contribution >= 0.6 is 0 Å². The minimum atomic E-state index is -1.60. The summed E-state index contributed by atoms with van der Waals surface area (Å²) in [5, 5.41) is 1.84. The molecule has 3 aromatic heterocycles. The summed E-state index contributed by atoms with van der Waals surface area (Å²) in [5.74, 6) is 0.922. The van der Waals surface area contributed by atoms with Crippen LogP contribution in [0, 0.1) is 31.3 Å². The summed E-state index contributed by atoms with van der Waals surface area (Å²) >= 11 is 0. The SMILES string of the molecule is [2H]c1c([2H])c([2H])c(-c2cccc(-c3c([2H])c([2H])c([2H])c([2H])c3[2H])c2-[n+]2[c-]n(-c3[c-]c(Oc4[c-]c5c(cc4)c4ccccc4n5-c4cc(C([2H])([2H])C(C)C)ccn4)ccc3)c3cccc(C)c32)c([2H])c1[2H].[Pt]. The summed E-state index contributed by atoms with van der Waals surface area (Å²) in [4.78, 5) is 4.69. The number of aryl methyl sites for hydroxylation is 1. The van der Waals surface area contributed by atoms with Crippen LogP contribution in [0.4, 0.5) is 0 Å². The van der Waals surface area contributed by atoms with Crippen molar-refractivity contribution in [1.29, 1.82) is 0 Å². The summed E-state index contributed by atoms with van der Waals surface area (Å²) in [6.45, 7) is 5.56. The van der Waals surface area contributed by atoms with Crippen LogP contribution in [0.2, 0.25) is 0 Å². The Morgan fingerprint density at radius 2 is 1.41 bits per heavy atom. The van der Waals surface area contributed by atoms with Crippen LogP contribution in [0.25, 0.3) is 72.3 Å². The van der Waals surface area contributed by atoms with E-state index < -0.39 is 66.8 Å². The fraction of sp³-hybridized carbons (Fsp3) is 0.0943. The number of hydrogen-bond donors (Lipinski definition) is 0. The fourth-order valence-electron chi connectivity index (χ4n) is 7.50. The third-order valence-corrected chi connectivity index (χ3v) is 9.88. The molecule has 0 aliphatic carbocycles. The van der Waals surface area contributed by atoms with Gasteiger partial charge < -0.3 is 13.9 Å². The number of hydrogen-bond acceptors (Lipinski definition) is 2. The number of rotatable bonds is 9. The van der Waals surface area contributed by atoms with Gasteiger partial charge in [0.05, 0.1) is 30.4 Å². The molecular formula is C53H40N4OPt-2. The van der Waals surface area contributed by atoms with E-state index >= 15 is 0 Å². The molecule has 5 nitrogen and oxygen atoms in total. The van der Waals surface area contributed by atoms with Gasteiger partial charge in [0.1, 0.15) is 5.82 Å². The fourth-order valence-corrected chi connectivity index (χ4v) is 7.50. The van der Waals surface area contributed by atoms with Gasteiger partial charge in [0.15, 0.2) is 0 Å². The first-order chi connectivity index (χ1) is 33.4. The van der Waals surface area contributed by atoms with Gasteiger partial charge in [0, 0.05) is 47.0 Å². The van der Waals surface area contributed by atoms with E-state index in [1.165, 1.54) is 0 Å². The zero-order valence-electron chi connectivity index (χ0n) is 44.0. The minimum Gasteiger partial charge on any atom is -0.510 e. The second-order valence-electron chi connectivity index (χ2n) is 14.1. The molecule has 10 aromatic rings. The smallest absolute Gasteiger partial charge is 0.268 e. The average Bonchev–Trinajstić information content (AvgIpc) is 3.91. The number of para-hydroxylation sites is 3. The zero-order chi connectivity index (χ0) is 49.7. The van der Waals surface area contributed by atoms with Gasteiger partial charge in [-0.1, -0.05) is 134 Å². The predicted molar refractivity (Wildman–Crippen MR) is 234 cm³/mol. The summed E-state index contributed by atoms with van der Waals surface area (Å²) in [5.41, 5.74) is 4.51. The van der Waals surface area contributed by atoms with E-state index in [1.54, 1.807) is 63.9 Å². The Morgan fingerprint density at radius 1 is 0.729 bits per heavy atom. The Hall–Kier alpha value is -6.55. The predicted octanol–water partition coefficient (Wildman–Crippen LogP) is 12.4. The zero-order valence-corrected chi connectivity index (χ0v) is 34.3. The van der Waals surface area contributed by atoms with Crippen LogP contribution < -0.4 is 9.30 Å². The van der Waals surface area contributed by atoms with Gasteiger partial charge in [-0.15, -0.1) is 29.7 Å². The Labute approximate surface area is 375 Å². The van der Waals surface area contributed by atoms with E-state index in [4.69, 9.17) is 21.2 Å². The molecule has 0 aliphatic rings. The van der Waals surface area contributed by atoms with Crippen molar-refractivity contribution in [2.75, 3.05) is 0 Å². The first-order valence-electron chi connectivity index (χ1n) is 24.8. The van der Waals surface area contributed by atoms with Crippen LogP contribution in [0.3, 0.4) is 0 Å². The number of aromatic nitrogens is 4. The number of nitrogens with zero attached hydrogens (tertiary/aromatic N) is 4. The van der Waals surface area contributed by atoms with E-state index in [0.717, 1.165) is 21.9 Å². The molecule has 10 rings (SSSR count). The van der Waals surface area contributed by atoms with E-state index in [1.807, 2.05) is 79.9 Å². The molecule has 0 spiro atoms. The van der Waals surface area contributed by atoms with Crippen LogP contribution in [-0.4, -0.2) is 14.1 Å². The van der Waals surface area contributed by atoms with Crippen molar-refractivity contribution in [3.63, 3.8) is 0 Å². The molecule has 0 unspecified atom stereocenters. The van der Waals surface area contributed by atoms with Crippen molar-refractivity contribution in [2.45, 2.75) is 27.1 Å². The van der Waals surface area contributed by atoms with E-state index in [9.17, 15) is 0 Å². The van der Waals surface area contributed by atoms with Gasteiger partial charge in [-0.2, -0.15) is 18.2 Å². The summed E-state index contributed by atoms with van der Waals surface area (Å²) in [6.07, 6.45) is 3.43. The summed E-state index contributed by atoms with van der Waals surface area (Å²) < 4.78 is 116. The maximum atomic E-state index is 9.03. The van der Waals surface area contributed by atoms with Gasteiger partial charge in [-0.05, 0) is 81.9 Å². The number of fused-ring (bicyclic) bond motifs is 4. The largest absolute Gasteiger partial charge is 0.510 e. The maximum Gasteiger partial charge on any atom is 0.268 e. The summed E-state index contributed by atoms with van der Waals surface area (Å²) in [6, 6.07) is 32.2. The van der Waals surface area contributed by atoms with Gasteiger partial charge >= 0.3 is 0 Å². The minimum absolute atomic E-state index is 0. The first kappa shape index (κ1) is 26.4. The van der Waals surface area contributed by atoms with Crippen molar-refractivity contribution >= 4 is 32.8 Å². The van der Waals surface area contributed by atoms with Crippen molar-refractivity contribution in [1.82, 2.24) is 14.1 Å². The topological polar surface area (TPSA) is 35.9 Å². The van der Waals surface area contributed by atoms with Crippen LogP contribution in [0.15, 0.2) is 170 Å². The molecule has 0 saturated carbocycles. The molecule has 0 N–H and O–H groups in total. The van der Waals surface area contributed by atoms with E-state index in [-0.39, 0.29) is 54.9 Å². The van der Waals surface area contributed by atoms with Gasteiger partial charge in [-0.25, -0.2) is 4.98 Å². The molecule has 290 valence electrons. The van der Waals surface area contributed by atoms with Gasteiger partial charge in [0.2, 0.25) is 0 Å². The Morgan fingerprint density at radius 3 is 2.15 bits per heavy atom. The second-order valence-corrected chi connectivity index (χ2v) is 14.1. The Balaban J connectivity index is 0.00000624. The molecule has 6 heteroatoms. The van der Waals surface area contributed by atoms with Crippen molar-refractivity contribution in [2.24, 2.45) is 5.92 Å². The molecule has 59 heavy (non-hydrogen) atoms. The number of imidazole rings is 1. The Kier molecular flexibility index (Phi) is 7.18. The van der Waals surface area contributed by atoms with Crippen LogP contribution in [-0.2, 0) is 27.4 Å². The number of pyridine rings is 1. The second kappa shape index (κ2) is 16.0. The van der Waals surface area contributed by atoms with Crippen molar-refractivity contribution in [3.8, 4) is 50.9 Å². The molecular weight excluding hydrogens is 904 g/mol. The number of benzene rings is 7. The monoisotopic (exact) mass is 955 g/mol. The van der Waals surface area contributed by atoms with Crippen LogP contribution in [0.1, 0.15) is 41.4 Å². The molecule has 0 atom stereocenters. The van der Waals surface area contributed by atoms with Crippen molar-refractivity contribution < 1.29 is 46.8 Å².